The summed E-state index contributed by atoms with van der Waals surface area (Å²) >= 11 is 0. The van der Waals surface area contributed by atoms with E-state index in [2.05, 4.69) is 37.4 Å². The van der Waals surface area contributed by atoms with E-state index < -0.39 is 0 Å². The second-order valence-electron chi connectivity index (χ2n) is 4.49. The van der Waals surface area contributed by atoms with Gasteiger partial charge in [-0.3, -0.25) is 0 Å². The summed E-state index contributed by atoms with van der Waals surface area (Å²) in [5.74, 6) is 0. The average Bonchev–Trinajstić information content (AvgIpc) is 2.33. The summed E-state index contributed by atoms with van der Waals surface area (Å²) in [6.07, 6.45) is 3.34. The van der Waals surface area contributed by atoms with Crippen LogP contribution in [0.2, 0.25) is 0 Å². The maximum absolute atomic E-state index is 5.38. The van der Waals surface area contributed by atoms with Gasteiger partial charge in [0.05, 0.1) is 0 Å². The van der Waals surface area contributed by atoms with Crippen LogP contribution in [-0.2, 0) is 11.2 Å². The van der Waals surface area contributed by atoms with Gasteiger partial charge in [-0.2, -0.15) is 0 Å². The van der Waals surface area contributed by atoms with Gasteiger partial charge in [-0.25, -0.2) is 0 Å². The maximum atomic E-state index is 5.38. The first-order valence-corrected chi connectivity index (χ1v) is 6.24. The normalized spacial score (nSPS) is 17.4. The van der Waals surface area contributed by atoms with Crippen LogP contribution in [0.15, 0.2) is 18.2 Å². The van der Waals surface area contributed by atoms with Crippen LogP contribution in [-0.4, -0.2) is 19.3 Å². The number of hydrogen-bond acceptors (Lipinski definition) is 2. The molecule has 0 spiro atoms. The molecule has 1 N–H and O–H groups in total. The fourth-order valence-electron chi connectivity index (χ4n) is 2.28. The van der Waals surface area contributed by atoms with Crippen molar-refractivity contribution in [3.8, 4) is 0 Å². The third kappa shape index (κ3) is 2.56. The Morgan fingerprint density at radius 1 is 1.31 bits per heavy atom. The third-order valence-electron chi connectivity index (χ3n) is 3.31. The van der Waals surface area contributed by atoms with Crippen molar-refractivity contribution < 1.29 is 4.74 Å². The predicted octanol–water partition coefficient (Wildman–Crippen LogP) is 3.15. The fraction of sp³-hybridized carbons (Fsp3) is 0.571. The molecule has 0 aromatic heterocycles. The first-order chi connectivity index (χ1) is 7.81. The summed E-state index contributed by atoms with van der Waals surface area (Å²) in [4.78, 5) is 0. The molecule has 2 rings (SSSR count). The van der Waals surface area contributed by atoms with Crippen LogP contribution in [0.4, 0.5) is 5.69 Å². The van der Waals surface area contributed by atoms with Gasteiger partial charge in [0.2, 0.25) is 0 Å². The molecule has 2 heteroatoms. The van der Waals surface area contributed by atoms with Crippen molar-refractivity contribution in [3.05, 3.63) is 29.3 Å². The monoisotopic (exact) mass is 219 g/mol. The Balaban J connectivity index is 2.12. The van der Waals surface area contributed by atoms with Crippen molar-refractivity contribution in [2.45, 2.75) is 39.2 Å². The van der Waals surface area contributed by atoms with Crippen molar-refractivity contribution in [1.29, 1.82) is 0 Å². The number of rotatable bonds is 3. The van der Waals surface area contributed by atoms with Gasteiger partial charge >= 0.3 is 0 Å². The van der Waals surface area contributed by atoms with E-state index in [-0.39, 0.29) is 0 Å². The van der Waals surface area contributed by atoms with Crippen LogP contribution in [0.5, 0.6) is 0 Å². The predicted molar refractivity (Wildman–Crippen MR) is 68.0 cm³/mol. The van der Waals surface area contributed by atoms with Crippen LogP contribution in [0.1, 0.15) is 30.9 Å². The van der Waals surface area contributed by atoms with E-state index in [9.17, 15) is 0 Å². The van der Waals surface area contributed by atoms with E-state index in [1.165, 1.54) is 16.8 Å². The van der Waals surface area contributed by atoms with Crippen molar-refractivity contribution >= 4 is 5.69 Å². The van der Waals surface area contributed by atoms with Crippen LogP contribution in [0, 0.1) is 6.92 Å². The molecule has 1 aliphatic heterocycles. The molecule has 1 aliphatic rings. The molecule has 1 aromatic rings. The zero-order chi connectivity index (χ0) is 11.4. The molecule has 0 amide bonds. The summed E-state index contributed by atoms with van der Waals surface area (Å²) in [5.41, 5.74) is 4.12. The number of aryl methyl sites for hydroxylation is 2. The molecule has 1 aromatic carbocycles. The third-order valence-corrected chi connectivity index (χ3v) is 3.31. The Bertz CT molecular complexity index is 343. The van der Waals surface area contributed by atoms with E-state index >= 15 is 0 Å². The minimum Gasteiger partial charge on any atom is -0.382 e. The SMILES string of the molecule is CCc1cccc(C)c1NC1CCOCC1. The minimum atomic E-state index is 0.583. The van der Waals surface area contributed by atoms with Gasteiger partial charge in [0.25, 0.3) is 0 Å². The van der Waals surface area contributed by atoms with Crippen molar-refractivity contribution in [1.82, 2.24) is 0 Å². The highest BCUT2D eigenvalue weighted by Gasteiger charge is 2.15. The molecule has 0 unspecified atom stereocenters. The Hall–Kier alpha value is -1.02. The van der Waals surface area contributed by atoms with Crippen LogP contribution < -0.4 is 5.32 Å². The van der Waals surface area contributed by atoms with Crippen LogP contribution in [0.3, 0.4) is 0 Å². The van der Waals surface area contributed by atoms with Crippen molar-refractivity contribution in [2.24, 2.45) is 0 Å². The Morgan fingerprint density at radius 3 is 2.75 bits per heavy atom. The highest BCUT2D eigenvalue weighted by Crippen LogP contribution is 2.24. The Kier molecular flexibility index (Phi) is 3.83. The van der Waals surface area contributed by atoms with E-state index in [1.54, 1.807) is 0 Å². The highest BCUT2D eigenvalue weighted by atomic mass is 16.5. The first-order valence-electron chi connectivity index (χ1n) is 6.24. The molecule has 1 fully saturated rings. The molecular formula is C14H21NO. The standard InChI is InChI=1S/C14H21NO/c1-3-12-6-4-5-11(2)14(12)15-13-7-9-16-10-8-13/h4-6,13,15H,3,7-10H2,1-2H3. The van der Waals surface area contributed by atoms with Gasteiger partial charge in [0, 0.05) is 24.9 Å². The lowest BCUT2D eigenvalue weighted by atomic mass is 10.0. The minimum absolute atomic E-state index is 0.583. The number of benzene rings is 1. The largest absolute Gasteiger partial charge is 0.382 e. The molecule has 0 radical (unpaired) electrons. The molecular weight excluding hydrogens is 198 g/mol. The second kappa shape index (κ2) is 5.35. The smallest absolute Gasteiger partial charge is 0.0485 e. The zero-order valence-electron chi connectivity index (χ0n) is 10.3. The summed E-state index contributed by atoms with van der Waals surface area (Å²) < 4.78 is 5.38. The van der Waals surface area contributed by atoms with Gasteiger partial charge in [-0.05, 0) is 37.3 Å². The molecule has 1 saturated heterocycles. The van der Waals surface area contributed by atoms with Gasteiger partial charge in [0.15, 0.2) is 0 Å². The topological polar surface area (TPSA) is 21.3 Å². The summed E-state index contributed by atoms with van der Waals surface area (Å²) in [7, 11) is 0. The lowest BCUT2D eigenvalue weighted by molar-refractivity contribution is 0.0904. The lowest BCUT2D eigenvalue weighted by Crippen LogP contribution is -2.28. The summed E-state index contributed by atoms with van der Waals surface area (Å²) in [5, 5.41) is 3.69. The molecule has 0 atom stereocenters. The number of nitrogens with one attached hydrogen (secondary N) is 1. The van der Waals surface area contributed by atoms with E-state index in [1.807, 2.05) is 0 Å². The molecule has 16 heavy (non-hydrogen) atoms. The van der Waals surface area contributed by atoms with Gasteiger partial charge in [-0.15, -0.1) is 0 Å². The van der Waals surface area contributed by atoms with Gasteiger partial charge in [-0.1, -0.05) is 25.1 Å². The number of anilines is 1. The first kappa shape index (κ1) is 11.5. The van der Waals surface area contributed by atoms with Crippen LogP contribution in [0.25, 0.3) is 0 Å². The molecule has 0 aliphatic carbocycles. The zero-order valence-corrected chi connectivity index (χ0v) is 10.3. The average molecular weight is 219 g/mol. The second-order valence-corrected chi connectivity index (χ2v) is 4.49. The van der Waals surface area contributed by atoms with Gasteiger partial charge in [0.1, 0.15) is 0 Å². The Labute approximate surface area is 98.0 Å². The maximum Gasteiger partial charge on any atom is 0.0485 e. The molecule has 88 valence electrons. The van der Waals surface area contributed by atoms with Crippen LogP contribution >= 0.6 is 0 Å². The molecule has 0 bridgehead atoms. The number of ether oxygens (including phenoxy) is 1. The van der Waals surface area contributed by atoms with E-state index in [0.29, 0.717) is 6.04 Å². The van der Waals surface area contributed by atoms with E-state index in [4.69, 9.17) is 4.74 Å². The lowest BCUT2D eigenvalue weighted by Gasteiger charge is -2.26. The van der Waals surface area contributed by atoms with Gasteiger partial charge < -0.3 is 10.1 Å². The number of hydrogen-bond donors (Lipinski definition) is 1. The summed E-state index contributed by atoms with van der Waals surface area (Å²) in [6.45, 7) is 6.18. The molecule has 0 saturated carbocycles. The summed E-state index contributed by atoms with van der Waals surface area (Å²) in [6, 6.07) is 7.12. The van der Waals surface area contributed by atoms with E-state index in [0.717, 1.165) is 32.5 Å². The quantitative estimate of drug-likeness (QED) is 0.843. The Morgan fingerprint density at radius 2 is 2.06 bits per heavy atom. The number of para-hydroxylation sites is 1. The highest BCUT2D eigenvalue weighted by molar-refractivity contribution is 5.57. The van der Waals surface area contributed by atoms with Crippen molar-refractivity contribution in [3.63, 3.8) is 0 Å². The molecule has 2 nitrogen and oxygen atoms in total. The fourth-order valence-corrected chi connectivity index (χ4v) is 2.28. The van der Waals surface area contributed by atoms with Crippen molar-refractivity contribution in [2.75, 3.05) is 18.5 Å². The molecule has 1 heterocycles.